The average Bonchev–Trinajstić information content (AvgIpc) is 3.24. The van der Waals surface area contributed by atoms with Crippen molar-refractivity contribution in [2.45, 2.75) is 174 Å². The van der Waals surface area contributed by atoms with Gasteiger partial charge in [-0.1, -0.05) is 0 Å². The van der Waals surface area contributed by atoms with Crippen molar-refractivity contribution >= 4 is 22.2 Å². The SMILES string of the molecule is CC(=O)N[C@@H]1[C@@H](OC2O[C@H](CO)[C@H](O)[C@H](O)[C@H]2OC2O[C@@H](C)[C@@H](O)[C@@H](O)[C@@H]2O)[C@@H](O)[C@@H](COC2O[C@H](COS(=O)(=O)O)[C@@H](OC3O[C@H](CO)[C@H](O)[C@H](O)[C@H]3O)[C@H](O)[C@H]2NC(C)=O)O[C@@H]1O. The molecule has 0 radical (unpaired) electrons. The van der Waals surface area contributed by atoms with Crippen LogP contribution in [0.1, 0.15) is 20.8 Å². The Morgan fingerprint density at radius 3 is 1.57 bits per heavy atom. The maximum atomic E-state index is 12.4. The fourth-order valence-corrected chi connectivity index (χ4v) is 8.10. The van der Waals surface area contributed by atoms with E-state index in [1.165, 1.54) is 6.92 Å². The lowest BCUT2D eigenvalue weighted by atomic mass is 9.94. The van der Waals surface area contributed by atoms with Crippen molar-refractivity contribution in [2.75, 3.05) is 26.4 Å². The Balaban J connectivity index is 1.40. The number of aliphatic hydroxyl groups is 13. The molecule has 0 spiro atoms. The molecule has 0 aromatic carbocycles. The van der Waals surface area contributed by atoms with Gasteiger partial charge in [0.1, 0.15) is 116 Å². The van der Waals surface area contributed by atoms with Gasteiger partial charge in [-0.05, 0) is 6.92 Å². The van der Waals surface area contributed by atoms with E-state index in [2.05, 4.69) is 14.8 Å². The summed E-state index contributed by atoms with van der Waals surface area (Å²) in [5.41, 5.74) is 0. The van der Waals surface area contributed by atoms with Crippen molar-refractivity contribution in [1.29, 1.82) is 0 Å². The molecule has 0 bridgehead atoms. The van der Waals surface area contributed by atoms with Crippen molar-refractivity contribution in [3.63, 3.8) is 0 Å². The minimum Gasteiger partial charge on any atom is -0.394 e. The number of hydrogen-bond donors (Lipinski definition) is 16. The molecule has 31 heteroatoms. The van der Waals surface area contributed by atoms with Crippen LogP contribution in [0.2, 0.25) is 0 Å². The maximum Gasteiger partial charge on any atom is 0.397 e. The summed E-state index contributed by atoms with van der Waals surface area (Å²) in [5, 5.41) is 143. The first-order valence-electron chi connectivity index (χ1n) is 20.1. The van der Waals surface area contributed by atoms with Gasteiger partial charge >= 0.3 is 10.4 Å². The second-order valence-corrected chi connectivity index (χ2v) is 17.1. The van der Waals surface area contributed by atoms with Gasteiger partial charge in [0.2, 0.25) is 11.8 Å². The Morgan fingerprint density at radius 2 is 1.00 bits per heavy atom. The van der Waals surface area contributed by atoms with E-state index in [-0.39, 0.29) is 0 Å². The molecular weight excluding hydrogens is 916 g/mol. The molecule has 5 aliphatic heterocycles. The molecule has 0 saturated carbocycles. The molecule has 0 aromatic rings. The number of carbonyl (C=O) groups excluding carboxylic acids is 2. The van der Waals surface area contributed by atoms with E-state index in [0.717, 1.165) is 13.8 Å². The van der Waals surface area contributed by atoms with Gasteiger partial charge < -0.3 is 120 Å². The molecule has 5 fully saturated rings. The zero-order valence-electron chi connectivity index (χ0n) is 34.6. The topological polar surface area (TPSA) is 468 Å². The van der Waals surface area contributed by atoms with E-state index in [0.29, 0.717) is 0 Å². The lowest BCUT2D eigenvalue weighted by Crippen LogP contribution is -2.69. The molecule has 2 amide bonds. The van der Waals surface area contributed by atoms with Crippen LogP contribution in [-0.4, -0.2) is 271 Å². The normalized spacial score (nSPS) is 47.5. The van der Waals surface area contributed by atoms with E-state index in [4.69, 9.17) is 42.6 Å². The summed E-state index contributed by atoms with van der Waals surface area (Å²) in [6.45, 7) is -0.599. The molecule has 0 aromatic heterocycles. The van der Waals surface area contributed by atoms with Crippen LogP contribution in [0.15, 0.2) is 0 Å². The molecule has 4 unspecified atom stereocenters. The van der Waals surface area contributed by atoms with E-state index < -0.39 is 202 Å². The third-order valence-electron chi connectivity index (χ3n) is 11.3. The smallest absolute Gasteiger partial charge is 0.394 e. The van der Waals surface area contributed by atoms with Crippen molar-refractivity contribution in [3.05, 3.63) is 0 Å². The van der Waals surface area contributed by atoms with Crippen LogP contribution in [0.4, 0.5) is 0 Å². The summed E-state index contributed by atoms with van der Waals surface area (Å²) in [6, 6.07) is -3.43. The Morgan fingerprint density at radius 1 is 0.508 bits per heavy atom. The number of ether oxygens (including phenoxy) is 9. The Hall–Kier alpha value is -2.07. The predicted molar refractivity (Wildman–Crippen MR) is 199 cm³/mol. The molecule has 65 heavy (non-hydrogen) atoms. The van der Waals surface area contributed by atoms with Gasteiger partial charge in [0, 0.05) is 13.8 Å². The highest BCUT2D eigenvalue weighted by Gasteiger charge is 2.56. The van der Waals surface area contributed by atoms with Crippen molar-refractivity contribution in [1.82, 2.24) is 10.6 Å². The molecule has 5 rings (SSSR count). The molecular formula is C34H58N2O28S. The van der Waals surface area contributed by atoms with Crippen LogP contribution in [-0.2, 0) is 66.8 Å². The van der Waals surface area contributed by atoms with Crippen molar-refractivity contribution < 1.29 is 136 Å². The minimum atomic E-state index is -5.24. The fourth-order valence-electron chi connectivity index (χ4n) is 7.80. The standard InChI is InChI=1S/C34H58N2O28S/c1-8-17(41)22(46)25(49)32(57-8)64-29-24(48)19(43)12(5-38)60-34(29)63-28-16(36-10(3)40)30(51)58-13(20(28)44)6-55-31-15(35-9(2)39)21(45)27(14(61-31)7-56-65(52,53)54)62-33-26(50)23(47)18(42)11(4-37)59-33/h8,11-34,37-38,41-51H,4-7H2,1-3H3,(H,35,39)(H,36,40)(H,52,53,54)/t8-,11+,12+,13+,14+,15+,16+,17+,18-,19-,20-,21+,22+,23-,24-,25-,26+,27+,28+,29+,30-,31?,32?,33?,34?/m0/s1. The number of hydrogen-bond acceptors (Lipinski definition) is 27. The highest BCUT2D eigenvalue weighted by Crippen LogP contribution is 2.35. The fraction of sp³-hybridized carbons (Fsp3) is 0.941. The van der Waals surface area contributed by atoms with Gasteiger partial charge in [-0.3, -0.25) is 14.1 Å². The molecule has 0 aliphatic carbocycles. The largest absolute Gasteiger partial charge is 0.397 e. The number of amides is 2. The van der Waals surface area contributed by atoms with Crippen LogP contribution in [0.25, 0.3) is 0 Å². The molecule has 5 saturated heterocycles. The van der Waals surface area contributed by atoms with Gasteiger partial charge in [0.05, 0.1) is 32.5 Å². The van der Waals surface area contributed by atoms with Crippen LogP contribution in [0.3, 0.4) is 0 Å². The second-order valence-electron chi connectivity index (χ2n) is 16.0. The molecule has 30 nitrogen and oxygen atoms in total. The summed E-state index contributed by atoms with van der Waals surface area (Å²) in [5.74, 6) is -1.65. The lowest BCUT2D eigenvalue weighted by molar-refractivity contribution is -0.381. The van der Waals surface area contributed by atoms with E-state index in [1.807, 2.05) is 0 Å². The summed E-state index contributed by atoms with van der Waals surface area (Å²) in [4.78, 5) is 24.7. The first-order chi connectivity index (χ1) is 30.4. The Labute approximate surface area is 368 Å². The highest BCUT2D eigenvalue weighted by molar-refractivity contribution is 7.80. The summed E-state index contributed by atoms with van der Waals surface area (Å²) < 4.78 is 87.9. The quantitative estimate of drug-likeness (QED) is 0.0639. The Bertz CT molecular complexity index is 1670. The van der Waals surface area contributed by atoms with E-state index in [1.54, 1.807) is 0 Å². The number of aliphatic hydroxyl groups excluding tert-OH is 13. The van der Waals surface area contributed by atoms with Gasteiger partial charge in [0.15, 0.2) is 31.5 Å². The van der Waals surface area contributed by atoms with Crippen LogP contribution in [0.5, 0.6) is 0 Å². The first-order valence-corrected chi connectivity index (χ1v) is 21.5. The highest BCUT2D eigenvalue weighted by atomic mass is 32.3. The third-order valence-corrected chi connectivity index (χ3v) is 11.7. The lowest BCUT2D eigenvalue weighted by Gasteiger charge is -2.49. The van der Waals surface area contributed by atoms with Crippen molar-refractivity contribution in [2.24, 2.45) is 0 Å². The van der Waals surface area contributed by atoms with Crippen LogP contribution >= 0.6 is 0 Å². The van der Waals surface area contributed by atoms with Gasteiger partial charge in [-0.25, -0.2) is 4.18 Å². The molecule has 25 atom stereocenters. The van der Waals surface area contributed by atoms with Crippen LogP contribution < -0.4 is 10.6 Å². The number of nitrogens with one attached hydrogen (secondary N) is 2. The summed E-state index contributed by atoms with van der Waals surface area (Å²) >= 11 is 0. The monoisotopic (exact) mass is 974 g/mol. The van der Waals surface area contributed by atoms with Crippen molar-refractivity contribution in [3.8, 4) is 0 Å². The molecule has 5 heterocycles. The van der Waals surface area contributed by atoms with Gasteiger partial charge in [-0.15, -0.1) is 0 Å². The maximum absolute atomic E-state index is 12.4. The second kappa shape index (κ2) is 22.6. The van der Waals surface area contributed by atoms with Gasteiger partial charge in [-0.2, -0.15) is 8.42 Å². The zero-order chi connectivity index (χ0) is 48.4. The number of rotatable bonds is 16. The predicted octanol–water partition coefficient (Wildman–Crippen LogP) is -10.8. The van der Waals surface area contributed by atoms with Gasteiger partial charge in [0.25, 0.3) is 0 Å². The molecule has 378 valence electrons. The van der Waals surface area contributed by atoms with E-state index in [9.17, 15) is 88.9 Å². The van der Waals surface area contributed by atoms with Crippen LogP contribution in [0, 0.1) is 0 Å². The average molecular weight is 975 g/mol. The molecule has 5 aliphatic rings. The summed E-state index contributed by atoms with van der Waals surface area (Å²) in [7, 11) is -5.24. The first kappa shape index (κ1) is 53.9. The zero-order valence-corrected chi connectivity index (χ0v) is 35.5. The van der Waals surface area contributed by atoms with E-state index >= 15 is 0 Å². The number of carbonyl (C=O) groups is 2. The third kappa shape index (κ3) is 12.6. The summed E-state index contributed by atoms with van der Waals surface area (Å²) in [6.07, 6.45) is -42.7. The Kier molecular flexibility index (Phi) is 18.7. The molecule has 16 N–H and O–H groups in total. The minimum absolute atomic E-state index is 0.809.